The number of piperazine rings is 1. The first-order chi connectivity index (χ1) is 30.7. The number of rotatable bonds is 10. The maximum absolute atomic E-state index is 15.5. The van der Waals surface area contributed by atoms with Crippen molar-refractivity contribution in [1.82, 2.24) is 30.4 Å². The first-order valence-corrected chi connectivity index (χ1v) is 22.2. The quantitative estimate of drug-likeness (QED) is 0.207. The number of amides is 4. The zero-order chi connectivity index (χ0) is 43.5. The maximum atomic E-state index is 15.5. The largest absolute Gasteiger partial charge is 0.490 e. The minimum Gasteiger partial charge on any atom is -0.490 e. The van der Waals surface area contributed by atoms with E-state index in [0.717, 1.165) is 94.3 Å². The van der Waals surface area contributed by atoms with Crippen LogP contribution in [-0.4, -0.2) is 114 Å². The van der Waals surface area contributed by atoms with Crippen LogP contribution in [0.5, 0.6) is 5.75 Å². The highest BCUT2D eigenvalue weighted by Gasteiger charge is 2.37. The molecule has 4 fully saturated rings. The van der Waals surface area contributed by atoms with Crippen LogP contribution >= 0.6 is 0 Å². The van der Waals surface area contributed by atoms with Gasteiger partial charge in [-0.2, -0.15) is 5.26 Å². The average Bonchev–Trinajstić information content (AvgIpc) is 3.47. The van der Waals surface area contributed by atoms with Gasteiger partial charge in [-0.3, -0.25) is 34.4 Å². The molecule has 328 valence electrons. The van der Waals surface area contributed by atoms with Gasteiger partial charge >= 0.3 is 0 Å². The Balaban J connectivity index is 0.693. The van der Waals surface area contributed by atoms with Gasteiger partial charge in [0.05, 0.1) is 29.4 Å². The number of hydrogen-bond donors (Lipinski definition) is 2. The number of aromatic nitrogens is 2. The molecule has 3 saturated heterocycles. The van der Waals surface area contributed by atoms with Crippen molar-refractivity contribution in [2.45, 2.75) is 82.6 Å². The number of nitrogens with one attached hydrogen (secondary N) is 2. The number of hydrogen-bond acceptors (Lipinski definition) is 12. The number of pyridine rings is 2. The summed E-state index contributed by atoms with van der Waals surface area (Å²) >= 11 is 0. The third-order valence-electron chi connectivity index (χ3n) is 13.4. The highest BCUT2D eigenvalue weighted by atomic mass is 19.1. The Kier molecular flexibility index (Phi) is 12.5. The summed E-state index contributed by atoms with van der Waals surface area (Å²) in [5.41, 5.74) is 3.70. The summed E-state index contributed by atoms with van der Waals surface area (Å²) in [7, 11) is 0. The van der Waals surface area contributed by atoms with Crippen molar-refractivity contribution in [3.63, 3.8) is 0 Å². The lowest BCUT2D eigenvalue weighted by molar-refractivity contribution is -0.138. The van der Waals surface area contributed by atoms with E-state index in [1.54, 1.807) is 12.3 Å². The molecule has 16 heteroatoms. The van der Waals surface area contributed by atoms with Crippen LogP contribution in [-0.2, 0) is 20.9 Å². The van der Waals surface area contributed by atoms with Crippen LogP contribution in [0.3, 0.4) is 0 Å². The van der Waals surface area contributed by atoms with Crippen LogP contribution in [0.2, 0.25) is 0 Å². The monoisotopic (exact) mass is 857 g/mol. The second-order valence-electron chi connectivity index (χ2n) is 17.3. The SMILES string of the molecule is N#Cc1ccc(O[C@H]2CC[C@H](NC(=O)c3cnc(N4CCC(CCN5CCN(c6ccc7c(c6)COCN(C6CCC(=O)NC6=O)C7=O)CC5)CC4)c(F)c3)CC2)c2cccnc12. The average molecular weight is 858 g/mol. The molecule has 15 nitrogen and oxygen atoms in total. The number of benzene rings is 2. The molecule has 4 aliphatic heterocycles. The zero-order valence-corrected chi connectivity index (χ0v) is 35.3. The van der Waals surface area contributed by atoms with Gasteiger partial charge < -0.3 is 29.5 Å². The molecule has 63 heavy (non-hydrogen) atoms. The minimum absolute atomic E-state index is 0.00462. The molecule has 2 aromatic carbocycles. The Morgan fingerprint density at radius 2 is 1.75 bits per heavy atom. The van der Waals surface area contributed by atoms with E-state index >= 15 is 4.39 Å². The van der Waals surface area contributed by atoms with Gasteiger partial charge in [0.15, 0.2) is 11.6 Å². The molecule has 4 amide bonds. The molecular weight excluding hydrogens is 806 g/mol. The number of nitriles is 1. The highest BCUT2D eigenvalue weighted by Crippen LogP contribution is 2.32. The molecule has 1 atom stereocenters. The molecule has 1 unspecified atom stereocenters. The molecule has 6 heterocycles. The summed E-state index contributed by atoms with van der Waals surface area (Å²) in [5.74, 6) is -0.321. The Morgan fingerprint density at radius 3 is 2.51 bits per heavy atom. The van der Waals surface area contributed by atoms with Gasteiger partial charge in [-0.25, -0.2) is 9.37 Å². The van der Waals surface area contributed by atoms with E-state index in [1.807, 2.05) is 41.3 Å². The second kappa shape index (κ2) is 18.7. The topological polar surface area (TPSA) is 173 Å². The molecule has 2 aromatic heterocycles. The number of carbonyl (C=O) groups excluding carboxylic acids is 4. The first-order valence-electron chi connectivity index (χ1n) is 22.2. The maximum Gasteiger partial charge on any atom is 0.256 e. The lowest BCUT2D eigenvalue weighted by Crippen LogP contribution is -2.54. The summed E-state index contributed by atoms with van der Waals surface area (Å²) in [5, 5.41) is 15.7. The Bertz CT molecular complexity index is 2420. The summed E-state index contributed by atoms with van der Waals surface area (Å²) < 4.78 is 27.7. The van der Waals surface area contributed by atoms with Gasteiger partial charge in [0.2, 0.25) is 11.8 Å². The van der Waals surface area contributed by atoms with Crippen molar-refractivity contribution >= 4 is 46.0 Å². The fourth-order valence-corrected chi connectivity index (χ4v) is 9.71. The molecular formula is C47H52FN9O6. The number of carbonyl (C=O) groups is 4. The van der Waals surface area contributed by atoms with Crippen molar-refractivity contribution in [3.8, 4) is 11.8 Å². The standard InChI is InChI=1S/C47H52FN9O6/c48-39-25-32(45(59)52-34-4-7-36(8-5-34)63-41-11-3-31(26-49)43-38(41)2-1-16-50-43)27-51-44(39)56-18-14-30(15-19-56)13-17-54-20-22-55(23-21-54)35-6-9-37-33(24-35)28-62-29-57(47(37)61)40-10-12-42(58)53-46(40)60/h1-3,6,9,11,16,24-25,27,30,34,36,40H,4-5,7-8,10,12-15,17-23,28-29H2,(H,52,59)(H,53,58,60)/t34-,36-,40?. The van der Waals surface area contributed by atoms with E-state index in [1.165, 1.54) is 17.2 Å². The van der Waals surface area contributed by atoms with Crippen molar-refractivity contribution in [3.05, 3.63) is 89.0 Å². The molecule has 1 saturated carbocycles. The number of fused-ring (bicyclic) bond motifs is 2. The van der Waals surface area contributed by atoms with Gasteiger partial charge in [0, 0.05) is 80.8 Å². The van der Waals surface area contributed by atoms with Crippen LogP contribution in [0.1, 0.15) is 89.6 Å². The summed E-state index contributed by atoms with van der Waals surface area (Å²) in [6.07, 6.45) is 9.53. The minimum atomic E-state index is -0.727. The molecule has 0 radical (unpaired) electrons. The normalized spacial score (nSPS) is 22.6. The number of imide groups is 1. The third kappa shape index (κ3) is 9.30. The van der Waals surface area contributed by atoms with E-state index in [9.17, 15) is 24.4 Å². The Hall–Kier alpha value is -6.18. The van der Waals surface area contributed by atoms with Crippen molar-refractivity contribution < 1.29 is 33.0 Å². The molecule has 2 N–H and O–H groups in total. The Labute approximate surface area is 365 Å². The predicted molar refractivity (Wildman–Crippen MR) is 231 cm³/mol. The van der Waals surface area contributed by atoms with E-state index < -0.39 is 17.8 Å². The number of ether oxygens (including phenoxy) is 2. The van der Waals surface area contributed by atoms with Crippen LogP contribution < -0.4 is 25.2 Å². The van der Waals surface area contributed by atoms with E-state index in [4.69, 9.17) is 9.47 Å². The van der Waals surface area contributed by atoms with Gasteiger partial charge in [-0.15, -0.1) is 0 Å². The molecule has 0 bridgehead atoms. The fraction of sp³-hybridized carbons (Fsp3) is 0.468. The lowest BCUT2D eigenvalue weighted by atomic mass is 9.92. The van der Waals surface area contributed by atoms with Gasteiger partial charge in [0.1, 0.15) is 24.6 Å². The molecule has 4 aromatic rings. The van der Waals surface area contributed by atoms with Gasteiger partial charge in [-0.05, 0) is 118 Å². The smallest absolute Gasteiger partial charge is 0.256 e. The summed E-state index contributed by atoms with van der Waals surface area (Å²) in [6.45, 7) is 6.26. The molecule has 1 aliphatic carbocycles. The van der Waals surface area contributed by atoms with E-state index in [-0.39, 0.29) is 61.6 Å². The van der Waals surface area contributed by atoms with E-state index in [0.29, 0.717) is 47.2 Å². The van der Waals surface area contributed by atoms with Crippen LogP contribution in [0.25, 0.3) is 10.9 Å². The van der Waals surface area contributed by atoms with Crippen LogP contribution in [0.4, 0.5) is 15.9 Å². The number of nitrogens with zero attached hydrogens (tertiary/aromatic N) is 7. The van der Waals surface area contributed by atoms with E-state index in [2.05, 4.69) is 36.5 Å². The third-order valence-corrected chi connectivity index (χ3v) is 13.4. The predicted octanol–water partition coefficient (Wildman–Crippen LogP) is 4.92. The fourth-order valence-electron chi connectivity index (χ4n) is 9.71. The molecule has 0 spiro atoms. The lowest BCUT2D eigenvalue weighted by Gasteiger charge is -2.38. The second-order valence-corrected chi connectivity index (χ2v) is 17.3. The summed E-state index contributed by atoms with van der Waals surface area (Å²) in [6, 6.07) is 15.8. The zero-order valence-electron chi connectivity index (χ0n) is 35.3. The van der Waals surface area contributed by atoms with Crippen LogP contribution in [0, 0.1) is 23.1 Å². The van der Waals surface area contributed by atoms with Crippen molar-refractivity contribution in [2.24, 2.45) is 5.92 Å². The highest BCUT2D eigenvalue weighted by molar-refractivity contribution is 6.04. The number of piperidine rings is 2. The molecule has 5 aliphatic rings. The molecule has 9 rings (SSSR count). The number of anilines is 2. The van der Waals surface area contributed by atoms with Gasteiger partial charge in [-0.1, -0.05) is 0 Å². The number of halogens is 1. The van der Waals surface area contributed by atoms with Crippen LogP contribution in [0.15, 0.2) is 60.9 Å². The van der Waals surface area contributed by atoms with Crippen molar-refractivity contribution in [2.75, 3.05) is 62.3 Å². The van der Waals surface area contributed by atoms with Gasteiger partial charge in [0.25, 0.3) is 11.8 Å². The Morgan fingerprint density at radius 1 is 0.937 bits per heavy atom. The van der Waals surface area contributed by atoms with Crippen molar-refractivity contribution in [1.29, 1.82) is 5.26 Å². The summed E-state index contributed by atoms with van der Waals surface area (Å²) in [4.78, 5) is 67.8. The first kappa shape index (κ1) is 42.1.